The first-order valence-electron chi connectivity index (χ1n) is 6.72. The summed E-state index contributed by atoms with van der Waals surface area (Å²) in [4.78, 5) is 13.7. The molecule has 0 aliphatic carbocycles. The third-order valence-corrected chi connectivity index (χ3v) is 2.97. The van der Waals surface area contributed by atoms with Gasteiger partial charge in [0.2, 0.25) is 0 Å². The number of para-hydroxylation sites is 1. The van der Waals surface area contributed by atoms with Crippen molar-refractivity contribution in [2.45, 2.75) is 13.8 Å². The number of carboxylic acid groups (broad SMARTS) is 1. The largest absolute Gasteiger partial charge is 0.477 e. The van der Waals surface area contributed by atoms with Crippen LogP contribution in [0.5, 0.6) is 0 Å². The van der Waals surface area contributed by atoms with E-state index in [0.717, 1.165) is 11.4 Å². The Hall–Kier alpha value is -2.30. The van der Waals surface area contributed by atoms with E-state index < -0.39 is 5.97 Å². The number of pyridine rings is 1. The minimum absolute atomic E-state index is 0. The van der Waals surface area contributed by atoms with Gasteiger partial charge in [0.15, 0.2) is 0 Å². The minimum Gasteiger partial charge on any atom is -0.477 e. The molecule has 0 saturated heterocycles. The van der Waals surface area contributed by atoms with Crippen molar-refractivity contribution in [1.82, 2.24) is 14.8 Å². The van der Waals surface area contributed by atoms with Crippen LogP contribution in [0.1, 0.15) is 21.7 Å². The predicted molar refractivity (Wildman–Crippen MR) is 83.1 cm³/mol. The first-order valence-corrected chi connectivity index (χ1v) is 6.72. The molecule has 1 aromatic carbocycles. The zero-order valence-corrected chi connectivity index (χ0v) is 15.1. The average Bonchev–Trinajstić information content (AvgIpc) is 2.89. The van der Waals surface area contributed by atoms with Crippen LogP contribution in [0.4, 0.5) is 0 Å². The fourth-order valence-electron chi connectivity index (χ4n) is 1.69. The fraction of sp³-hybridized carbons (Fsp3) is 0.118. The number of benzene rings is 1. The van der Waals surface area contributed by atoms with Crippen LogP contribution < -0.4 is 0 Å². The number of hydrogen-bond acceptors (Lipinski definition) is 3. The second kappa shape index (κ2) is 8.98. The molecule has 2 heterocycles. The van der Waals surface area contributed by atoms with Gasteiger partial charge in [0.1, 0.15) is 5.69 Å². The smallest absolute Gasteiger partial charge is 0.354 e. The van der Waals surface area contributed by atoms with E-state index in [1.807, 2.05) is 42.1 Å². The van der Waals surface area contributed by atoms with Crippen LogP contribution in [0.2, 0.25) is 0 Å². The van der Waals surface area contributed by atoms with Gasteiger partial charge in [0.25, 0.3) is 0 Å². The summed E-state index contributed by atoms with van der Waals surface area (Å²) in [6, 6.07) is 15.7. The van der Waals surface area contributed by atoms with Crippen molar-refractivity contribution in [1.29, 1.82) is 0 Å². The Morgan fingerprint density at radius 3 is 2.35 bits per heavy atom. The number of carbonyl (C=O) groups is 1. The van der Waals surface area contributed by atoms with Gasteiger partial charge in [0, 0.05) is 32.5 Å². The first kappa shape index (κ1) is 18.7. The molecule has 6 heteroatoms. The summed E-state index contributed by atoms with van der Waals surface area (Å²) in [5, 5.41) is 12.7. The molecule has 23 heavy (non-hydrogen) atoms. The Kier molecular flexibility index (Phi) is 7.32. The molecule has 0 aliphatic rings. The molecule has 1 radical (unpaired) electrons. The van der Waals surface area contributed by atoms with Crippen LogP contribution in [0.3, 0.4) is 0 Å². The van der Waals surface area contributed by atoms with Crippen LogP contribution in [0, 0.1) is 19.9 Å². The van der Waals surface area contributed by atoms with E-state index in [9.17, 15) is 4.79 Å². The molecule has 0 bridgehead atoms. The second-order valence-electron chi connectivity index (χ2n) is 4.61. The maximum absolute atomic E-state index is 10.1. The molecule has 0 fully saturated rings. The average molecular weight is 487 g/mol. The maximum Gasteiger partial charge on any atom is 0.354 e. The number of nitrogens with zero attached hydrogens (tertiary/aromatic N) is 3. The summed E-state index contributed by atoms with van der Waals surface area (Å²) in [6.07, 6.45) is 3.46. The second-order valence-corrected chi connectivity index (χ2v) is 4.61. The molecule has 5 nitrogen and oxygen atoms in total. The van der Waals surface area contributed by atoms with Gasteiger partial charge in [-0.1, -0.05) is 6.07 Å². The monoisotopic (exact) mass is 487 g/mol. The summed E-state index contributed by atoms with van der Waals surface area (Å²) >= 11 is 0. The SMILES string of the molecule is Cc1cn(-c2[c-]cccc2)nc1C.O=C(O)c1ccccn1.[Ir]. The summed E-state index contributed by atoms with van der Waals surface area (Å²) in [7, 11) is 0. The van der Waals surface area contributed by atoms with E-state index >= 15 is 0 Å². The van der Waals surface area contributed by atoms with Crippen LogP contribution in [0.25, 0.3) is 5.69 Å². The third-order valence-electron chi connectivity index (χ3n) is 2.97. The molecule has 0 saturated carbocycles. The van der Waals surface area contributed by atoms with Crippen LogP contribution in [-0.4, -0.2) is 25.8 Å². The number of aromatic nitrogens is 3. The van der Waals surface area contributed by atoms with Gasteiger partial charge < -0.3 is 5.11 Å². The van der Waals surface area contributed by atoms with Crippen molar-refractivity contribution in [2.75, 3.05) is 0 Å². The zero-order chi connectivity index (χ0) is 15.9. The molecule has 0 unspecified atom stereocenters. The summed E-state index contributed by atoms with van der Waals surface area (Å²) in [5.41, 5.74) is 3.34. The summed E-state index contributed by atoms with van der Waals surface area (Å²) < 4.78 is 1.85. The Morgan fingerprint density at radius 2 is 1.91 bits per heavy atom. The van der Waals surface area contributed by atoms with Crippen molar-refractivity contribution >= 4 is 5.97 Å². The Labute approximate surface area is 148 Å². The third kappa shape index (κ3) is 5.43. The Balaban J connectivity index is 0.000000235. The van der Waals surface area contributed by atoms with Crippen molar-refractivity contribution in [3.8, 4) is 5.69 Å². The van der Waals surface area contributed by atoms with E-state index in [-0.39, 0.29) is 25.8 Å². The molecular formula is C17H16IrN3O2-. The Morgan fingerprint density at radius 1 is 1.17 bits per heavy atom. The zero-order valence-electron chi connectivity index (χ0n) is 12.7. The van der Waals surface area contributed by atoms with E-state index in [1.54, 1.807) is 12.1 Å². The summed E-state index contributed by atoms with van der Waals surface area (Å²) in [6.45, 7) is 4.07. The topological polar surface area (TPSA) is 68.0 Å². The normalized spacial score (nSPS) is 9.30. The van der Waals surface area contributed by atoms with Crippen molar-refractivity contribution in [2.24, 2.45) is 0 Å². The van der Waals surface area contributed by atoms with Gasteiger partial charge in [-0.25, -0.2) is 9.78 Å². The maximum atomic E-state index is 10.1. The molecule has 121 valence electrons. The van der Waals surface area contributed by atoms with Gasteiger partial charge >= 0.3 is 5.97 Å². The quantitative estimate of drug-likeness (QED) is 0.566. The number of hydrogen-bond donors (Lipinski definition) is 1. The van der Waals surface area contributed by atoms with Crippen molar-refractivity contribution < 1.29 is 30.0 Å². The predicted octanol–water partition coefficient (Wildman–Crippen LogP) is 3.07. The summed E-state index contributed by atoms with van der Waals surface area (Å²) in [5.74, 6) is -0.990. The van der Waals surface area contributed by atoms with E-state index in [2.05, 4.69) is 23.1 Å². The molecule has 0 amide bonds. The van der Waals surface area contributed by atoms with Gasteiger partial charge in [0.05, 0.1) is 5.69 Å². The van der Waals surface area contributed by atoms with E-state index in [0.29, 0.717) is 0 Å². The molecule has 0 spiro atoms. The number of aromatic carboxylic acids is 1. The van der Waals surface area contributed by atoms with Crippen molar-refractivity contribution in [3.05, 3.63) is 77.9 Å². The molecule has 3 rings (SSSR count). The van der Waals surface area contributed by atoms with E-state index in [4.69, 9.17) is 5.11 Å². The number of aryl methyl sites for hydroxylation is 2. The number of rotatable bonds is 2. The van der Waals surface area contributed by atoms with Gasteiger partial charge in [-0.3, -0.25) is 4.68 Å². The van der Waals surface area contributed by atoms with E-state index in [1.165, 1.54) is 17.8 Å². The number of carboxylic acids is 1. The fourth-order valence-corrected chi connectivity index (χ4v) is 1.69. The van der Waals surface area contributed by atoms with Crippen LogP contribution >= 0.6 is 0 Å². The molecular weight excluding hydrogens is 470 g/mol. The minimum atomic E-state index is -0.990. The van der Waals surface area contributed by atoms with Crippen LogP contribution in [0.15, 0.2) is 54.9 Å². The molecule has 0 aliphatic heterocycles. The first-order chi connectivity index (χ1) is 10.6. The Bertz CT molecular complexity index is 724. The molecule has 2 aromatic heterocycles. The molecule has 1 N–H and O–H groups in total. The van der Waals surface area contributed by atoms with Crippen LogP contribution in [-0.2, 0) is 20.1 Å². The van der Waals surface area contributed by atoms with Gasteiger partial charge in [-0.05, 0) is 37.2 Å². The molecule has 0 atom stereocenters. The van der Waals surface area contributed by atoms with Gasteiger partial charge in [-0.2, -0.15) is 29.4 Å². The van der Waals surface area contributed by atoms with Crippen molar-refractivity contribution in [3.63, 3.8) is 0 Å². The molecule has 3 aromatic rings. The van der Waals surface area contributed by atoms with Gasteiger partial charge in [-0.15, -0.1) is 6.07 Å². The standard InChI is InChI=1S/C11H11N2.C6H5NO2.Ir/c1-9-8-13(12-10(9)2)11-6-4-3-5-7-11;8-6(9)5-3-1-2-4-7-5;/h3-6,8H,1-2H3;1-4H,(H,8,9);/q-1;;.